The fourth-order valence-corrected chi connectivity index (χ4v) is 2.43. The minimum atomic E-state index is -0.425. The molecule has 1 fully saturated rings. The van der Waals surface area contributed by atoms with Crippen LogP contribution < -0.4 is 10.2 Å². The van der Waals surface area contributed by atoms with Crippen molar-refractivity contribution in [1.82, 2.24) is 15.3 Å². The van der Waals surface area contributed by atoms with Crippen LogP contribution >= 0.6 is 0 Å². The Morgan fingerprint density at radius 1 is 1.45 bits per heavy atom. The number of hydrogen-bond donors (Lipinski definition) is 1. The lowest BCUT2D eigenvalue weighted by molar-refractivity contribution is -0.384. The van der Waals surface area contributed by atoms with Gasteiger partial charge < -0.3 is 10.2 Å². The van der Waals surface area contributed by atoms with E-state index < -0.39 is 4.92 Å². The monoisotopic (exact) mass is 273 g/mol. The molecule has 1 unspecified atom stereocenters. The Morgan fingerprint density at radius 2 is 2.30 bits per heavy atom. The summed E-state index contributed by atoms with van der Waals surface area (Å²) in [6.45, 7) is 1.96. The largest absolute Gasteiger partial charge is 0.354 e. The maximum Gasteiger partial charge on any atom is 0.271 e. The predicted molar refractivity (Wildman–Crippen MR) is 75.9 cm³/mol. The third-order valence-corrected chi connectivity index (χ3v) is 3.67. The minimum absolute atomic E-state index is 0.0351. The molecule has 2 heterocycles. The van der Waals surface area contributed by atoms with Crippen LogP contribution in [0.5, 0.6) is 0 Å². The summed E-state index contributed by atoms with van der Waals surface area (Å²) in [4.78, 5) is 21.2. The van der Waals surface area contributed by atoms with E-state index in [1.807, 2.05) is 7.05 Å². The van der Waals surface area contributed by atoms with Crippen LogP contribution in [0.3, 0.4) is 0 Å². The molecule has 1 atom stereocenters. The highest BCUT2D eigenvalue weighted by Gasteiger charge is 2.20. The van der Waals surface area contributed by atoms with Crippen LogP contribution in [0.4, 0.5) is 11.5 Å². The Balaban J connectivity index is 1.94. The van der Waals surface area contributed by atoms with Gasteiger partial charge in [-0.3, -0.25) is 15.1 Å². The number of hydrogen-bond acceptors (Lipinski definition) is 6. The molecule has 20 heavy (non-hydrogen) atoms. The van der Waals surface area contributed by atoms with Crippen molar-refractivity contribution in [2.24, 2.45) is 0 Å². The van der Waals surface area contributed by atoms with Crippen LogP contribution in [0.1, 0.15) is 6.42 Å². The molecular formula is C13H15N5O2. The number of anilines is 1. The van der Waals surface area contributed by atoms with Crippen molar-refractivity contribution in [3.8, 4) is 0 Å². The molecule has 0 amide bonds. The molecule has 7 nitrogen and oxygen atoms in total. The van der Waals surface area contributed by atoms with Crippen molar-refractivity contribution >= 4 is 22.5 Å². The Bertz CT molecular complexity index is 654. The van der Waals surface area contributed by atoms with Crippen molar-refractivity contribution in [2.45, 2.75) is 12.5 Å². The minimum Gasteiger partial charge on any atom is -0.354 e. The van der Waals surface area contributed by atoms with E-state index in [9.17, 15) is 10.1 Å². The van der Waals surface area contributed by atoms with Crippen molar-refractivity contribution in [3.05, 3.63) is 34.5 Å². The number of benzene rings is 1. The zero-order valence-corrected chi connectivity index (χ0v) is 11.1. The number of likely N-dealkylation sites (N-methyl/N-ethyl adjacent to an activating group) is 1. The molecule has 1 N–H and O–H groups in total. The number of non-ortho nitro benzene ring substituents is 1. The first-order valence-electron chi connectivity index (χ1n) is 6.50. The number of rotatable bonds is 3. The Labute approximate surface area is 115 Å². The Morgan fingerprint density at radius 3 is 3.00 bits per heavy atom. The fraction of sp³-hybridized carbons (Fsp3) is 0.385. The second kappa shape index (κ2) is 5.01. The van der Waals surface area contributed by atoms with Crippen LogP contribution in [0.15, 0.2) is 24.4 Å². The molecule has 0 aliphatic carbocycles. The quantitative estimate of drug-likeness (QED) is 0.671. The first-order chi connectivity index (χ1) is 9.65. The highest BCUT2D eigenvalue weighted by atomic mass is 16.6. The first kappa shape index (κ1) is 12.7. The van der Waals surface area contributed by atoms with E-state index in [0.29, 0.717) is 17.1 Å². The molecule has 7 heteroatoms. The Kier molecular flexibility index (Phi) is 3.19. The highest BCUT2D eigenvalue weighted by Crippen LogP contribution is 2.21. The number of nitrogens with zero attached hydrogens (tertiary/aromatic N) is 4. The van der Waals surface area contributed by atoms with Gasteiger partial charge in [0.25, 0.3) is 5.69 Å². The summed E-state index contributed by atoms with van der Waals surface area (Å²) in [5, 5.41) is 14.1. The van der Waals surface area contributed by atoms with Crippen LogP contribution in [0.2, 0.25) is 0 Å². The standard InChI is InChI=1S/C13H15N5O2/c1-17(10-4-5-14-7-10)13-8-15-12-6-9(18(19)20)2-3-11(12)16-13/h2-3,6,8,10,14H,4-5,7H2,1H3. The van der Waals surface area contributed by atoms with E-state index >= 15 is 0 Å². The van der Waals surface area contributed by atoms with Crippen molar-refractivity contribution in [1.29, 1.82) is 0 Å². The molecule has 1 aromatic carbocycles. The molecule has 1 aromatic heterocycles. The van der Waals surface area contributed by atoms with E-state index in [1.54, 1.807) is 12.3 Å². The van der Waals surface area contributed by atoms with Gasteiger partial charge in [-0.2, -0.15) is 0 Å². The van der Waals surface area contributed by atoms with Gasteiger partial charge in [0.05, 0.1) is 22.2 Å². The summed E-state index contributed by atoms with van der Waals surface area (Å²) < 4.78 is 0. The number of nitrogens with one attached hydrogen (secondary N) is 1. The van der Waals surface area contributed by atoms with E-state index in [0.717, 1.165) is 25.3 Å². The maximum atomic E-state index is 10.7. The first-order valence-corrected chi connectivity index (χ1v) is 6.50. The average Bonchev–Trinajstić information content (AvgIpc) is 2.99. The smallest absolute Gasteiger partial charge is 0.271 e. The van der Waals surface area contributed by atoms with E-state index in [-0.39, 0.29) is 5.69 Å². The second-order valence-corrected chi connectivity index (χ2v) is 4.92. The van der Waals surface area contributed by atoms with Gasteiger partial charge in [-0.05, 0) is 19.0 Å². The molecule has 0 radical (unpaired) electrons. The molecule has 104 valence electrons. The molecule has 0 bridgehead atoms. The van der Waals surface area contributed by atoms with Gasteiger partial charge in [0.15, 0.2) is 0 Å². The summed E-state index contributed by atoms with van der Waals surface area (Å²) in [5.74, 6) is 0.792. The van der Waals surface area contributed by atoms with Gasteiger partial charge in [0.2, 0.25) is 0 Å². The van der Waals surface area contributed by atoms with E-state index in [2.05, 4.69) is 20.2 Å². The third kappa shape index (κ3) is 2.27. The predicted octanol–water partition coefficient (Wildman–Crippen LogP) is 1.34. The van der Waals surface area contributed by atoms with Crippen molar-refractivity contribution in [2.75, 3.05) is 25.0 Å². The lowest BCUT2D eigenvalue weighted by Crippen LogP contribution is -2.33. The highest BCUT2D eigenvalue weighted by molar-refractivity contribution is 5.78. The molecule has 1 aliphatic rings. The molecule has 1 aliphatic heterocycles. The van der Waals surface area contributed by atoms with Gasteiger partial charge in [0.1, 0.15) is 5.82 Å². The summed E-state index contributed by atoms with van der Waals surface area (Å²) in [6.07, 6.45) is 2.75. The summed E-state index contributed by atoms with van der Waals surface area (Å²) in [5.41, 5.74) is 1.25. The fourth-order valence-electron chi connectivity index (χ4n) is 2.43. The van der Waals surface area contributed by atoms with Crippen molar-refractivity contribution < 1.29 is 4.92 Å². The number of nitro groups is 1. The summed E-state index contributed by atoms with van der Waals surface area (Å²) in [6, 6.07) is 4.96. The number of nitro benzene ring substituents is 1. The van der Waals surface area contributed by atoms with Gasteiger partial charge in [-0.1, -0.05) is 0 Å². The average molecular weight is 273 g/mol. The normalized spacial score (nSPS) is 18.4. The molecule has 2 aromatic rings. The SMILES string of the molecule is CN(c1cnc2cc([N+](=O)[O-])ccc2n1)C1CCNC1. The van der Waals surface area contributed by atoms with Crippen molar-refractivity contribution in [3.63, 3.8) is 0 Å². The lowest BCUT2D eigenvalue weighted by atomic mass is 10.2. The lowest BCUT2D eigenvalue weighted by Gasteiger charge is -2.24. The second-order valence-electron chi connectivity index (χ2n) is 4.92. The zero-order chi connectivity index (χ0) is 14.1. The molecule has 1 saturated heterocycles. The Hall–Kier alpha value is -2.28. The van der Waals surface area contributed by atoms with E-state index in [4.69, 9.17) is 0 Å². The van der Waals surface area contributed by atoms with Crippen LogP contribution in [0, 0.1) is 10.1 Å². The van der Waals surface area contributed by atoms with Crippen LogP contribution in [-0.4, -0.2) is 41.1 Å². The molecule has 3 rings (SSSR count). The topological polar surface area (TPSA) is 84.2 Å². The molecule has 0 saturated carbocycles. The van der Waals surface area contributed by atoms with E-state index in [1.165, 1.54) is 12.1 Å². The van der Waals surface area contributed by atoms with Gasteiger partial charge in [-0.25, -0.2) is 4.98 Å². The number of aromatic nitrogens is 2. The van der Waals surface area contributed by atoms with Gasteiger partial charge in [0, 0.05) is 31.8 Å². The number of fused-ring (bicyclic) bond motifs is 1. The summed E-state index contributed by atoms with van der Waals surface area (Å²) >= 11 is 0. The van der Waals surface area contributed by atoms with Gasteiger partial charge >= 0.3 is 0 Å². The summed E-state index contributed by atoms with van der Waals surface area (Å²) in [7, 11) is 2.00. The van der Waals surface area contributed by atoms with Gasteiger partial charge in [-0.15, -0.1) is 0 Å². The molecule has 0 spiro atoms. The van der Waals surface area contributed by atoms with Crippen LogP contribution in [0.25, 0.3) is 11.0 Å². The van der Waals surface area contributed by atoms with Crippen LogP contribution in [-0.2, 0) is 0 Å². The molecular weight excluding hydrogens is 258 g/mol. The third-order valence-electron chi connectivity index (χ3n) is 3.67. The maximum absolute atomic E-state index is 10.7. The zero-order valence-electron chi connectivity index (χ0n) is 11.1.